The van der Waals surface area contributed by atoms with E-state index in [0.717, 1.165) is 0 Å². The minimum atomic E-state index is -0.403. The van der Waals surface area contributed by atoms with Gasteiger partial charge in [0.25, 0.3) is 5.91 Å². The first-order valence-electron chi connectivity index (χ1n) is 5.29. The minimum Gasteiger partial charge on any atom is -0.399 e. The van der Waals surface area contributed by atoms with Crippen LogP contribution in [0.1, 0.15) is 10.4 Å². The first kappa shape index (κ1) is 14.0. The van der Waals surface area contributed by atoms with Gasteiger partial charge in [0.15, 0.2) is 0 Å². The van der Waals surface area contributed by atoms with Gasteiger partial charge in [0.05, 0.1) is 26.3 Å². The highest BCUT2D eigenvalue weighted by atomic mass is 35.5. The molecule has 0 saturated heterocycles. The van der Waals surface area contributed by atoms with Crippen LogP contribution in [0.15, 0.2) is 36.4 Å². The predicted molar refractivity (Wildman–Crippen MR) is 80.3 cm³/mol. The Balaban J connectivity index is 2.31. The van der Waals surface area contributed by atoms with Crippen LogP contribution in [-0.4, -0.2) is 5.91 Å². The number of rotatable bonds is 2. The summed E-state index contributed by atoms with van der Waals surface area (Å²) in [5.41, 5.74) is 6.70. The van der Waals surface area contributed by atoms with Crippen LogP contribution in [0.4, 0.5) is 11.4 Å². The van der Waals surface area contributed by atoms with E-state index < -0.39 is 5.91 Å². The number of halogens is 3. The molecule has 0 fully saturated rings. The first-order chi connectivity index (χ1) is 8.99. The molecule has 2 rings (SSSR count). The van der Waals surface area contributed by atoms with Gasteiger partial charge in [-0.2, -0.15) is 0 Å². The maximum atomic E-state index is 12.1. The second-order valence-corrected chi connectivity index (χ2v) is 5.01. The second-order valence-electron chi connectivity index (χ2n) is 3.79. The molecule has 0 bridgehead atoms. The van der Waals surface area contributed by atoms with Gasteiger partial charge in [-0.3, -0.25) is 4.79 Å². The van der Waals surface area contributed by atoms with Gasteiger partial charge in [-0.25, -0.2) is 0 Å². The number of nitrogens with one attached hydrogen (secondary N) is 1. The summed E-state index contributed by atoms with van der Waals surface area (Å²) >= 11 is 17.9. The van der Waals surface area contributed by atoms with Crippen LogP contribution < -0.4 is 11.1 Å². The molecule has 1 amide bonds. The third-order valence-corrected chi connectivity index (χ3v) is 3.38. The van der Waals surface area contributed by atoms with E-state index in [9.17, 15) is 4.79 Å². The van der Waals surface area contributed by atoms with Crippen molar-refractivity contribution in [3.05, 3.63) is 57.0 Å². The molecule has 0 heterocycles. The highest BCUT2D eigenvalue weighted by Crippen LogP contribution is 2.31. The number of hydrogen-bond acceptors (Lipinski definition) is 2. The van der Waals surface area contributed by atoms with Crippen molar-refractivity contribution in [3.63, 3.8) is 0 Å². The van der Waals surface area contributed by atoms with Crippen molar-refractivity contribution in [3.8, 4) is 0 Å². The van der Waals surface area contributed by atoms with E-state index in [1.807, 2.05) is 0 Å². The number of anilines is 2. The molecule has 3 N–H and O–H groups in total. The molecule has 98 valence electrons. The Morgan fingerprint density at radius 1 is 1.00 bits per heavy atom. The van der Waals surface area contributed by atoms with E-state index in [2.05, 4.69) is 5.32 Å². The fraction of sp³-hybridized carbons (Fsp3) is 0. The molecule has 0 radical (unpaired) electrons. The molecule has 0 aliphatic carbocycles. The normalized spacial score (nSPS) is 10.3. The maximum Gasteiger partial charge on any atom is 0.257 e. The largest absolute Gasteiger partial charge is 0.399 e. The molecular weight excluding hydrogens is 307 g/mol. The van der Waals surface area contributed by atoms with Gasteiger partial charge in [0, 0.05) is 5.69 Å². The number of carbonyl (C=O) groups excluding carboxylic acids is 1. The zero-order chi connectivity index (χ0) is 14.0. The molecule has 2 aromatic carbocycles. The Hall–Kier alpha value is -1.42. The Kier molecular flexibility index (Phi) is 4.20. The molecule has 6 heteroatoms. The van der Waals surface area contributed by atoms with Crippen molar-refractivity contribution in [1.29, 1.82) is 0 Å². The third kappa shape index (κ3) is 3.13. The summed E-state index contributed by atoms with van der Waals surface area (Å²) in [6.45, 7) is 0. The minimum absolute atomic E-state index is 0.265. The molecule has 0 spiro atoms. The quantitative estimate of drug-likeness (QED) is 0.803. The summed E-state index contributed by atoms with van der Waals surface area (Å²) in [5.74, 6) is -0.403. The van der Waals surface area contributed by atoms with Crippen LogP contribution in [0.2, 0.25) is 15.1 Å². The summed E-state index contributed by atoms with van der Waals surface area (Å²) in [5, 5.41) is 3.60. The number of hydrogen-bond donors (Lipinski definition) is 2. The number of nitrogens with two attached hydrogens (primary N) is 1. The lowest BCUT2D eigenvalue weighted by Gasteiger charge is -2.10. The zero-order valence-corrected chi connectivity index (χ0v) is 11.9. The van der Waals surface area contributed by atoms with Crippen molar-refractivity contribution >= 4 is 52.1 Å². The van der Waals surface area contributed by atoms with Crippen LogP contribution >= 0.6 is 34.8 Å². The standard InChI is InChI=1S/C13H9Cl3N2O/c14-9-2-1-3-10(15)12(9)18-13(19)8-5-4-7(17)6-11(8)16/h1-6H,17H2,(H,18,19). The molecule has 0 aliphatic heterocycles. The summed E-state index contributed by atoms with van der Waals surface area (Å²) in [4.78, 5) is 12.1. The fourth-order valence-electron chi connectivity index (χ4n) is 1.51. The Labute approximate surface area is 125 Å². The number of benzene rings is 2. The zero-order valence-electron chi connectivity index (χ0n) is 9.58. The van der Waals surface area contributed by atoms with E-state index in [1.165, 1.54) is 12.1 Å². The average molecular weight is 316 g/mol. The average Bonchev–Trinajstić information content (AvgIpc) is 2.33. The van der Waals surface area contributed by atoms with E-state index in [4.69, 9.17) is 40.5 Å². The topological polar surface area (TPSA) is 55.1 Å². The van der Waals surface area contributed by atoms with Crippen LogP contribution in [0.25, 0.3) is 0 Å². The molecule has 0 unspecified atom stereocenters. The van der Waals surface area contributed by atoms with E-state index >= 15 is 0 Å². The maximum absolute atomic E-state index is 12.1. The Morgan fingerprint density at radius 3 is 2.21 bits per heavy atom. The van der Waals surface area contributed by atoms with Gasteiger partial charge in [-0.1, -0.05) is 40.9 Å². The van der Waals surface area contributed by atoms with Crippen molar-refractivity contribution in [2.45, 2.75) is 0 Å². The van der Waals surface area contributed by atoms with Gasteiger partial charge in [0.1, 0.15) is 0 Å². The molecule has 0 aliphatic rings. The number of nitrogen functional groups attached to an aromatic ring is 1. The number of para-hydroxylation sites is 1. The van der Waals surface area contributed by atoms with Crippen LogP contribution in [-0.2, 0) is 0 Å². The summed E-state index contributed by atoms with van der Waals surface area (Å²) < 4.78 is 0. The van der Waals surface area contributed by atoms with Gasteiger partial charge < -0.3 is 11.1 Å². The lowest BCUT2D eigenvalue weighted by Crippen LogP contribution is -2.13. The first-order valence-corrected chi connectivity index (χ1v) is 6.43. The summed E-state index contributed by atoms with van der Waals surface area (Å²) in [6, 6.07) is 9.59. The predicted octanol–water partition coefficient (Wildman–Crippen LogP) is 4.48. The smallest absolute Gasteiger partial charge is 0.257 e. The number of amides is 1. The van der Waals surface area contributed by atoms with Crippen molar-refractivity contribution < 1.29 is 4.79 Å². The lowest BCUT2D eigenvalue weighted by molar-refractivity contribution is 0.102. The third-order valence-electron chi connectivity index (χ3n) is 2.44. The van der Waals surface area contributed by atoms with Crippen LogP contribution in [0, 0.1) is 0 Å². The van der Waals surface area contributed by atoms with Crippen LogP contribution in [0.5, 0.6) is 0 Å². The molecule has 0 saturated carbocycles. The SMILES string of the molecule is Nc1ccc(C(=O)Nc2c(Cl)cccc2Cl)c(Cl)c1. The monoisotopic (exact) mass is 314 g/mol. The summed E-state index contributed by atoms with van der Waals surface area (Å²) in [6.07, 6.45) is 0. The molecule has 3 nitrogen and oxygen atoms in total. The van der Waals surface area contributed by atoms with E-state index in [1.54, 1.807) is 24.3 Å². The van der Waals surface area contributed by atoms with Crippen LogP contribution in [0.3, 0.4) is 0 Å². The van der Waals surface area contributed by atoms with Crippen molar-refractivity contribution in [2.24, 2.45) is 0 Å². The van der Waals surface area contributed by atoms with Gasteiger partial charge in [-0.05, 0) is 30.3 Å². The van der Waals surface area contributed by atoms with E-state index in [0.29, 0.717) is 27.0 Å². The van der Waals surface area contributed by atoms with Crippen molar-refractivity contribution in [2.75, 3.05) is 11.1 Å². The van der Waals surface area contributed by atoms with Crippen molar-refractivity contribution in [1.82, 2.24) is 0 Å². The molecule has 19 heavy (non-hydrogen) atoms. The van der Waals surface area contributed by atoms with E-state index in [-0.39, 0.29) is 5.02 Å². The second kappa shape index (κ2) is 5.70. The molecule has 2 aromatic rings. The highest BCUT2D eigenvalue weighted by Gasteiger charge is 2.14. The summed E-state index contributed by atoms with van der Waals surface area (Å²) in [7, 11) is 0. The van der Waals surface area contributed by atoms with Gasteiger partial charge >= 0.3 is 0 Å². The molecule has 0 atom stereocenters. The molecular formula is C13H9Cl3N2O. The fourth-order valence-corrected chi connectivity index (χ4v) is 2.28. The highest BCUT2D eigenvalue weighted by molar-refractivity contribution is 6.40. The number of carbonyl (C=O) groups is 1. The van der Waals surface area contributed by atoms with Gasteiger partial charge in [-0.15, -0.1) is 0 Å². The Bertz CT molecular complexity index is 624. The Morgan fingerprint density at radius 2 is 1.63 bits per heavy atom. The molecule has 0 aromatic heterocycles. The lowest BCUT2D eigenvalue weighted by atomic mass is 10.2. The van der Waals surface area contributed by atoms with Gasteiger partial charge in [0.2, 0.25) is 0 Å².